The summed E-state index contributed by atoms with van der Waals surface area (Å²) in [6.45, 7) is 1.51. The highest BCUT2D eigenvalue weighted by atomic mass is 79.9. The van der Waals surface area contributed by atoms with Gasteiger partial charge in [-0.25, -0.2) is 0 Å². The van der Waals surface area contributed by atoms with Crippen LogP contribution in [-0.4, -0.2) is 18.3 Å². The van der Waals surface area contributed by atoms with Crippen LogP contribution in [0.1, 0.15) is 5.56 Å². The molecule has 1 aliphatic heterocycles. The van der Waals surface area contributed by atoms with Crippen LogP contribution in [0, 0.1) is 0 Å². The van der Waals surface area contributed by atoms with Crippen LogP contribution in [0.4, 0.5) is 5.69 Å². The maximum atomic E-state index is 9.84. The van der Waals surface area contributed by atoms with Crippen molar-refractivity contribution in [1.29, 1.82) is 0 Å². The predicted molar refractivity (Wildman–Crippen MR) is 85.6 cm³/mol. The normalized spacial score (nSPS) is 13.0. The molecule has 110 valence electrons. The van der Waals surface area contributed by atoms with E-state index >= 15 is 0 Å². The van der Waals surface area contributed by atoms with Crippen LogP contribution in [0.3, 0.4) is 0 Å². The smallest absolute Gasteiger partial charge is 0.163 e. The van der Waals surface area contributed by atoms with E-state index in [1.54, 1.807) is 18.2 Å². The maximum Gasteiger partial charge on any atom is 0.163 e. The van der Waals surface area contributed by atoms with E-state index in [0.717, 1.165) is 15.7 Å². The van der Waals surface area contributed by atoms with Crippen LogP contribution in [0.2, 0.25) is 5.02 Å². The Kier molecular flexibility index (Phi) is 4.12. The average molecular weight is 371 g/mol. The standard InChI is InChI=1S/C15H13BrClNO3/c16-10-1-2-13(19)9(5-10)8-18-12-7-15-14(6-11(12)17)20-3-4-21-15/h1-2,5-7,18-19H,3-4,8H2. The molecule has 4 nitrogen and oxygen atoms in total. The van der Waals surface area contributed by atoms with Gasteiger partial charge in [0.2, 0.25) is 0 Å². The van der Waals surface area contributed by atoms with Crippen LogP contribution in [0.15, 0.2) is 34.8 Å². The first-order valence-electron chi connectivity index (χ1n) is 6.44. The Morgan fingerprint density at radius 2 is 1.86 bits per heavy atom. The summed E-state index contributed by atoms with van der Waals surface area (Å²) in [6.07, 6.45) is 0. The average Bonchev–Trinajstić information content (AvgIpc) is 2.48. The lowest BCUT2D eigenvalue weighted by Crippen LogP contribution is -2.15. The Bertz CT molecular complexity index is 678. The van der Waals surface area contributed by atoms with Crippen molar-refractivity contribution in [3.63, 3.8) is 0 Å². The van der Waals surface area contributed by atoms with Crippen molar-refractivity contribution in [3.8, 4) is 17.2 Å². The van der Waals surface area contributed by atoms with E-state index in [-0.39, 0.29) is 5.75 Å². The largest absolute Gasteiger partial charge is 0.508 e. The summed E-state index contributed by atoms with van der Waals surface area (Å²) in [5, 5.41) is 13.6. The Morgan fingerprint density at radius 1 is 1.14 bits per heavy atom. The molecule has 0 unspecified atom stereocenters. The van der Waals surface area contributed by atoms with Crippen LogP contribution < -0.4 is 14.8 Å². The lowest BCUT2D eigenvalue weighted by atomic mass is 10.2. The minimum absolute atomic E-state index is 0.236. The number of rotatable bonds is 3. The summed E-state index contributed by atoms with van der Waals surface area (Å²) in [4.78, 5) is 0. The number of ether oxygens (including phenoxy) is 2. The highest BCUT2D eigenvalue weighted by Crippen LogP contribution is 2.38. The van der Waals surface area contributed by atoms with E-state index in [0.29, 0.717) is 36.3 Å². The summed E-state index contributed by atoms with van der Waals surface area (Å²) in [6, 6.07) is 8.83. The van der Waals surface area contributed by atoms with E-state index in [1.165, 1.54) is 0 Å². The number of phenols is 1. The molecule has 0 aromatic heterocycles. The number of halogens is 2. The van der Waals surface area contributed by atoms with Crippen molar-refractivity contribution in [2.45, 2.75) is 6.54 Å². The summed E-state index contributed by atoms with van der Waals surface area (Å²) in [5.74, 6) is 1.56. The van der Waals surface area contributed by atoms with Crippen molar-refractivity contribution >= 4 is 33.2 Å². The Balaban J connectivity index is 1.80. The first-order valence-corrected chi connectivity index (χ1v) is 7.61. The van der Waals surface area contributed by atoms with Crippen molar-refractivity contribution in [2.75, 3.05) is 18.5 Å². The second-order valence-electron chi connectivity index (χ2n) is 4.60. The highest BCUT2D eigenvalue weighted by Gasteiger charge is 2.15. The van der Waals surface area contributed by atoms with Gasteiger partial charge in [0.05, 0.1) is 10.7 Å². The first-order chi connectivity index (χ1) is 10.1. The van der Waals surface area contributed by atoms with Gasteiger partial charge in [-0.2, -0.15) is 0 Å². The third kappa shape index (κ3) is 3.19. The van der Waals surface area contributed by atoms with Gasteiger partial charge in [0, 0.05) is 28.7 Å². The highest BCUT2D eigenvalue weighted by molar-refractivity contribution is 9.10. The number of aromatic hydroxyl groups is 1. The molecule has 2 N–H and O–H groups in total. The minimum Gasteiger partial charge on any atom is -0.508 e. The predicted octanol–water partition coefficient (Wildman–Crippen LogP) is 4.19. The van der Waals surface area contributed by atoms with E-state index in [9.17, 15) is 5.11 Å². The Labute approximate surface area is 135 Å². The fourth-order valence-corrected chi connectivity index (χ4v) is 2.71. The molecule has 1 heterocycles. The van der Waals surface area contributed by atoms with Crippen LogP contribution in [-0.2, 0) is 6.54 Å². The molecular formula is C15H13BrClNO3. The molecular weight excluding hydrogens is 358 g/mol. The fourth-order valence-electron chi connectivity index (χ4n) is 2.09. The minimum atomic E-state index is 0.236. The molecule has 21 heavy (non-hydrogen) atoms. The fraction of sp³-hybridized carbons (Fsp3) is 0.200. The van der Waals surface area contributed by atoms with Crippen molar-refractivity contribution in [2.24, 2.45) is 0 Å². The number of hydrogen-bond acceptors (Lipinski definition) is 4. The number of nitrogens with one attached hydrogen (secondary N) is 1. The van der Waals surface area contributed by atoms with Crippen molar-refractivity contribution in [3.05, 3.63) is 45.4 Å². The quantitative estimate of drug-likeness (QED) is 0.850. The number of hydrogen-bond donors (Lipinski definition) is 2. The van der Waals surface area contributed by atoms with Gasteiger partial charge in [-0.15, -0.1) is 0 Å². The van der Waals surface area contributed by atoms with Gasteiger partial charge in [-0.05, 0) is 18.2 Å². The molecule has 2 aromatic rings. The summed E-state index contributed by atoms with van der Waals surface area (Å²) >= 11 is 9.61. The summed E-state index contributed by atoms with van der Waals surface area (Å²) in [7, 11) is 0. The molecule has 0 saturated heterocycles. The zero-order valence-electron chi connectivity index (χ0n) is 11.0. The Morgan fingerprint density at radius 3 is 2.62 bits per heavy atom. The van der Waals surface area contributed by atoms with Gasteiger partial charge in [0.25, 0.3) is 0 Å². The van der Waals surface area contributed by atoms with Crippen molar-refractivity contribution in [1.82, 2.24) is 0 Å². The van der Waals surface area contributed by atoms with Crippen molar-refractivity contribution < 1.29 is 14.6 Å². The van der Waals surface area contributed by atoms with Crippen LogP contribution >= 0.6 is 27.5 Å². The van der Waals surface area contributed by atoms with Gasteiger partial charge in [-0.3, -0.25) is 0 Å². The number of phenolic OH excluding ortho intramolecular Hbond substituents is 1. The molecule has 0 radical (unpaired) electrons. The third-order valence-electron chi connectivity index (χ3n) is 3.14. The maximum absolute atomic E-state index is 9.84. The number of anilines is 1. The molecule has 2 aromatic carbocycles. The van der Waals surface area contributed by atoms with Gasteiger partial charge >= 0.3 is 0 Å². The molecule has 0 bridgehead atoms. The molecule has 0 atom stereocenters. The summed E-state index contributed by atoms with van der Waals surface area (Å²) < 4.78 is 11.9. The van der Waals surface area contributed by atoms with Gasteiger partial charge in [0.1, 0.15) is 19.0 Å². The number of benzene rings is 2. The molecule has 6 heteroatoms. The number of fused-ring (bicyclic) bond motifs is 1. The third-order valence-corrected chi connectivity index (χ3v) is 3.95. The SMILES string of the molecule is Oc1ccc(Br)cc1CNc1cc2c(cc1Cl)OCCO2. The van der Waals surface area contributed by atoms with Gasteiger partial charge < -0.3 is 19.9 Å². The zero-order valence-corrected chi connectivity index (χ0v) is 13.4. The summed E-state index contributed by atoms with van der Waals surface area (Å²) in [5.41, 5.74) is 1.51. The van der Waals surface area contributed by atoms with Crippen LogP contribution in [0.25, 0.3) is 0 Å². The first kappa shape index (κ1) is 14.4. The lowest BCUT2D eigenvalue weighted by molar-refractivity contribution is 0.171. The van der Waals surface area contributed by atoms with E-state index < -0.39 is 0 Å². The monoisotopic (exact) mass is 369 g/mol. The molecule has 0 saturated carbocycles. The molecule has 0 amide bonds. The van der Waals surface area contributed by atoms with E-state index in [1.807, 2.05) is 12.1 Å². The van der Waals surface area contributed by atoms with Crippen LogP contribution in [0.5, 0.6) is 17.2 Å². The molecule has 3 rings (SSSR count). The second-order valence-corrected chi connectivity index (χ2v) is 5.93. The molecule has 0 aliphatic carbocycles. The molecule has 1 aliphatic rings. The van der Waals surface area contributed by atoms with Gasteiger partial charge in [0.15, 0.2) is 11.5 Å². The Hall–Kier alpha value is -1.59. The van der Waals surface area contributed by atoms with E-state index in [4.69, 9.17) is 21.1 Å². The van der Waals surface area contributed by atoms with E-state index in [2.05, 4.69) is 21.2 Å². The molecule has 0 spiro atoms. The zero-order chi connectivity index (χ0) is 14.8. The lowest BCUT2D eigenvalue weighted by Gasteiger charge is -2.20. The van der Waals surface area contributed by atoms with Gasteiger partial charge in [-0.1, -0.05) is 27.5 Å². The second kappa shape index (κ2) is 6.03. The topological polar surface area (TPSA) is 50.7 Å². The molecule has 0 fully saturated rings.